The molecule has 1 saturated heterocycles. The van der Waals surface area contributed by atoms with Gasteiger partial charge in [0.25, 0.3) is 5.69 Å². The van der Waals surface area contributed by atoms with Crippen LogP contribution in [0.1, 0.15) is 26.2 Å². The summed E-state index contributed by atoms with van der Waals surface area (Å²) in [5.41, 5.74) is 6.49. The van der Waals surface area contributed by atoms with Gasteiger partial charge in [-0.3, -0.25) is 10.1 Å². The minimum absolute atomic E-state index is 0.0553. The van der Waals surface area contributed by atoms with E-state index in [0.29, 0.717) is 17.3 Å². The second-order valence-corrected chi connectivity index (χ2v) is 5.40. The molecule has 6 heteroatoms. The first-order valence-corrected chi connectivity index (χ1v) is 6.84. The fraction of sp³-hybridized carbons (Fsp3) is 0.538. The Labute approximate surface area is 117 Å². The minimum atomic E-state index is -0.379. The fourth-order valence-corrected chi connectivity index (χ4v) is 2.98. The van der Waals surface area contributed by atoms with E-state index >= 15 is 0 Å². The highest BCUT2D eigenvalue weighted by atomic mass is 35.5. The summed E-state index contributed by atoms with van der Waals surface area (Å²) in [6.45, 7) is 2.59. The Kier molecular flexibility index (Phi) is 4.27. The predicted octanol–water partition coefficient (Wildman–Crippen LogP) is 2.95. The van der Waals surface area contributed by atoms with Crippen LogP contribution in [0.5, 0.6) is 0 Å². The number of hydrogen-bond acceptors (Lipinski definition) is 4. The van der Waals surface area contributed by atoms with Gasteiger partial charge in [-0.15, -0.1) is 0 Å². The van der Waals surface area contributed by atoms with Crippen molar-refractivity contribution in [3.63, 3.8) is 0 Å². The van der Waals surface area contributed by atoms with Crippen molar-refractivity contribution in [2.75, 3.05) is 11.4 Å². The number of nitro groups is 1. The van der Waals surface area contributed by atoms with Crippen molar-refractivity contribution >= 4 is 23.0 Å². The molecule has 0 spiro atoms. The number of nitrogens with zero attached hydrogens (tertiary/aromatic N) is 2. The molecule has 0 radical (unpaired) electrons. The number of hydrogen-bond donors (Lipinski definition) is 1. The zero-order valence-corrected chi connectivity index (χ0v) is 11.6. The highest BCUT2D eigenvalue weighted by Crippen LogP contribution is 2.36. The van der Waals surface area contributed by atoms with Crippen LogP contribution in [0.4, 0.5) is 11.4 Å². The van der Waals surface area contributed by atoms with Crippen LogP contribution in [-0.4, -0.2) is 23.6 Å². The molecular weight excluding hydrogens is 266 g/mol. The first-order valence-electron chi connectivity index (χ1n) is 6.47. The number of rotatable bonds is 3. The average Bonchev–Trinajstić information content (AvgIpc) is 2.38. The summed E-state index contributed by atoms with van der Waals surface area (Å²) >= 11 is 5.86. The highest BCUT2D eigenvalue weighted by molar-refractivity contribution is 6.30. The van der Waals surface area contributed by atoms with Gasteiger partial charge in [-0.1, -0.05) is 11.6 Å². The van der Waals surface area contributed by atoms with E-state index in [1.165, 1.54) is 6.07 Å². The Balaban J connectivity index is 2.46. The topological polar surface area (TPSA) is 72.4 Å². The van der Waals surface area contributed by atoms with Gasteiger partial charge in [0, 0.05) is 29.7 Å². The van der Waals surface area contributed by atoms with Crippen LogP contribution in [0.2, 0.25) is 5.02 Å². The lowest BCUT2D eigenvalue weighted by Crippen LogP contribution is -2.49. The average molecular weight is 284 g/mol. The first-order chi connectivity index (χ1) is 9.04. The molecule has 5 nitrogen and oxygen atoms in total. The Morgan fingerprint density at radius 1 is 1.53 bits per heavy atom. The van der Waals surface area contributed by atoms with Gasteiger partial charge in [-0.05, 0) is 38.3 Å². The van der Waals surface area contributed by atoms with Crippen molar-refractivity contribution in [2.24, 2.45) is 5.73 Å². The van der Waals surface area contributed by atoms with Gasteiger partial charge in [0.2, 0.25) is 0 Å². The molecule has 0 bridgehead atoms. The Bertz CT molecular complexity index is 481. The third-order valence-electron chi connectivity index (χ3n) is 3.71. The van der Waals surface area contributed by atoms with Crippen LogP contribution in [0.25, 0.3) is 0 Å². The summed E-state index contributed by atoms with van der Waals surface area (Å²) in [6.07, 6.45) is 3.11. The summed E-state index contributed by atoms with van der Waals surface area (Å²) < 4.78 is 0. The molecule has 2 atom stereocenters. The summed E-state index contributed by atoms with van der Waals surface area (Å²) in [6, 6.07) is 5.24. The van der Waals surface area contributed by atoms with E-state index in [9.17, 15) is 10.1 Å². The van der Waals surface area contributed by atoms with Gasteiger partial charge >= 0.3 is 0 Å². The summed E-state index contributed by atoms with van der Waals surface area (Å²) in [4.78, 5) is 12.9. The van der Waals surface area contributed by atoms with Gasteiger partial charge in [-0.2, -0.15) is 0 Å². The van der Waals surface area contributed by atoms with E-state index in [1.54, 1.807) is 12.1 Å². The molecule has 2 unspecified atom stereocenters. The van der Waals surface area contributed by atoms with Crippen LogP contribution in [0.15, 0.2) is 18.2 Å². The van der Waals surface area contributed by atoms with E-state index in [4.69, 9.17) is 17.3 Å². The normalized spacial score (nSPS) is 23.4. The molecule has 104 valence electrons. The molecule has 0 aromatic heterocycles. The molecule has 1 fully saturated rings. The van der Waals surface area contributed by atoms with Crippen LogP contribution in [0, 0.1) is 10.1 Å². The molecule has 1 aromatic carbocycles. The maximum Gasteiger partial charge on any atom is 0.294 e. The molecule has 19 heavy (non-hydrogen) atoms. The van der Waals surface area contributed by atoms with Gasteiger partial charge in [0.05, 0.1) is 4.92 Å². The molecular formula is C13H18ClN3O2. The molecule has 2 rings (SSSR count). The second-order valence-electron chi connectivity index (χ2n) is 4.97. The van der Waals surface area contributed by atoms with Gasteiger partial charge in [-0.25, -0.2) is 0 Å². The summed E-state index contributed by atoms with van der Waals surface area (Å²) in [5.74, 6) is 0. The SMILES string of the molecule is CC1CCCC(CN)N1c1ccc(Cl)cc1[N+](=O)[O-]. The standard InChI is InChI=1S/C13H18ClN3O2/c1-9-3-2-4-11(8-15)16(9)12-6-5-10(14)7-13(12)17(18)19/h5-7,9,11H,2-4,8,15H2,1H3. The number of nitro benzene ring substituents is 1. The number of anilines is 1. The molecule has 0 amide bonds. The van der Waals surface area contributed by atoms with Crippen molar-refractivity contribution in [3.8, 4) is 0 Å². The smallest absolute Gasteiger partial charge is 0.294 e. The van der Waals surface area contributed by atoms with Crippen LogP contribution in [-0.2, 0) is 0 Å². The van der Waals surface area contributed by atoms with Crippen molar-refractivity contribution < 1.29 is 4.92 Å². The quantitative estimate of drug-likeness (QED) is 0.684. The van der Waals surface area contributed by atoms with Crippen LogP contribution >= 0.6 is 11.6 Å². The van der Waals surface area contributed by atoms with Crippen molar-refractivity contribution in [1.82, 2.24) is 0 Å². The predicted molar refractivity (Wildman–Crippen MR) is 76.7 cm³/mol. The summed E-state index contributed by atoms with van der Waals surface area (Å²) in [5, 5.41) is 11.6. The van der Waals surface area contributed by atoms with Crippen LogP contribution < -0.4 is 10.6 Å². The lowest BCUT2D eigenvalue weighted by Gasteiger charge is -2.41. The molecule has 0 aliphatic carbocycles. The van der Waals surface area contributed by atoms with E-state index in [-0.39, 0.29) is 22.7 Å². The maximum absolute atomic E-state index is 11.2. The number of nitrogens with two attached hydrogens (primary N) is 1. The van der Waals surface area contributed by atoms with E-state index in [1.807, 2.05) is 0 Å². The first kappa shape index (κ1) is 14.1. The van der Waals surface area contributed by atoms with E-state index in [0.717, 1.165) is 19.3 Å². The second kappa shape index (κ2) is 5.75. The van der Waals surface area contributed by atoms with E-state index in [2.05, 4.69) is 11.8 Å². The maximum atomic E-state index is 11.2. The summed E-state index contributed by atoms with van der Waals surface area (Å²) in [7, 11) is 0. The van der Waals surface area contributed by atoms with Crippen molar-refractivity contribution in [3.05, 3.63) is 33.3 Å². The Hall–Kier alpha value is -1.33. The number of benzene rings is 1. The fourth-order valence-electron chi connectivity index (χ4n) is 2.81. The van der Waals surface area contributed by atoms with Gasteiger partial charge in [0.1, 0.15) is 5.69 Å². The molecule has 1 aliphatic rings. The van der Waals surface area contributed by atoms with Gasteiger partial charge in [0.15, 0.2) is 0 Å². The molecule has 1 heterocycles. The minimum Gasteiger partial charge on any atom is -0.359 e. The molecule has 2 N–H and O–H groups in total. The molecule has 1 aliphatic heterocycles. The number of piperidine rings is 1. The Morgan fingerprint density at radius 2 is 2.26 bits per heavy atom. The largest absolute Gasteiger partial charge is 0.359 e. The lowest BCUT2D eigenvalue weighted by atomic mass is 9.95. The lowest BCUT2D eigenvalue weighted by molar-refractivity contribution is -0.384. The van der Waals surface area contributed by atoms with Crippen molar-refractivity contribution in [2.45, 2.75) is 38.3 Å². The van der Waals surface area contributed by atoms with E-state index < -0.39 is 0 Å². The molecule has 1 aromatic rings. The Morgan fingerprint density at radius 3 is 2.89 bits per heavy atom. The van der Waals surface area contributed by atoms with Crippen LogP contribution in [0.3, 0.4) is 0 Å². The highest BCUT2D eigenvalue weighted by Gasteiger charge is 2.31. The van der Waals surface area contributed by atoms with Crippen molar-refractivity contribution in [1.29, 1.82) is 0 Å². The monoisotopic (exact) mass is 283 g/mol. The third-order valence-corrected chi connectivity index (χ3v) is 3.95. The zero-order chi connectivity index (χ0) is 14.0. The molecule has 0 saturated carbocycles. The number of halogens is 1. The van der Waals surface area contributed by atoms with Gasteiger partial charge < -0.3 is 10.6 Å². The zero-order valence-electron chi connectivity index (χ0n) is 10.9. The third kappa shape index (κ3) is 2.82.